The number of ether oxygens (including phenoxy) is 1. The van der Waals surface area contributed by atoms with Gasteiger partial charge in [-0.05, 0) is 79.8 Å². The highest BCUT2D eigenvalue weighted by Gasteiger charge is 2.29. The van der Waals surface area contributed by atoms with Crippen molar-refractivity contribution < 1.29 is 19.4 Å². The fraction of sp³-hybridized carbons (Fsp3) is 0.571. The largest absolute Gasteiger partial charge is 0.481 e. The molecule has 1 aromatic heterocycles. The number of amides is 1. The van der Waals surface area contributed by atoms with Gasteiger partial charge in [0.2, 0.25) is 0 Å². The molecule has 0 radical (unpaired) electrons. The Morgan fingerprint density at radius 1 is 1.09 bits per heavy atom. The van der Waals surface area contributed by atoms with Gasteiger partial charge in [-0.2, -0.15) is 0 Å². The van der Waals surface area contributed by atoms with Crippen LogP contribution in [0.15, 0.2) is 30.3 Å². The molecule has 35 heavy (non-hydrogen) atoms. The maximum atomic E-state index is 12.3. The van der Waals surface area contributed by atoms with E-state index in [0.717, 1.165) is 38.2 Å². The minimum absolute atomic E-state index is 0.0787. The number of aliphatic carboxylic acids is 1. The van der Waals surface area contributed by atoms with Crippen LogP contribution in [0.25, 0.3) is 0 Å². The van der Waals surface area contributed by atoms with Gasteiger partial charge in [0.15, 0.2) is 0 Å². The zero-order valence-corrected chi connectivity index (χ0v) is 21.5. The zero-order valence-electron chi connectivity index (χ0n) is 20.7. The van der Waals surface area contributed by atoms with Crippen LogP contribution >= 0.6 is 11.3 Å². The van der Waals surface area contributed by atoms with Crippen molar-refractivity contribution in [2.24, 2.45) is 5.92 Å². The molecule has 2 aromatic rings. The average molecular weight is 499 g/mol. The molecular weight excluding hydrogens is 460 g/mol. The van der Waals surface area contributed by atoms with Gasteiger partial charge in [-0.15, -0.1) is 11.3 Å². The summed E-state index contributed by atoms with van der Waals surface area (Å²) in [4.78, 5) is 26.0. The Morgan fingerprint density at radius 2 is 1.80 bits per heavy atom. The Hall–Kier alpha value is -2.38. The summed E-state index contributed by atoms with van der Waals surface area (Å²) in [6.45, 7) is 4.11. The number of rotatable bonds is 10. The van der Waals surface area contributed by atoms with Crippen LogP contribution in [-0.4, -0.2) is 36.7 Å². The summed E-state index contributed by atoms with van der Waals surface area (Å²) in [7, 11) is 0. The summed E-state index contributed by atoms with van der Waals surface area (Å²) < 4.78 is 5.60. The number of carbonyl (C=O) groups is 2. The molecule has 1 amide bonds. The van der Waals surface area contributed by atoms with E-state index in [9.17, 15) is 9.59 Å². The third-order valence-electron chi connectivity index (χ3n) is 7.36. The molecule has 4 rings (SSSR count). The van der Waals surface area contributed by atoms with Gasteiger partial charge in [-0.3, -0.25) is 9.59 Å². The lowest BCUT2D eigenvalue weighted by atomic mass is 9.80. The van der Waals surface area contributed by atoms with Crippen LogP contribution in [0.2, 0.25) is 0 Å². The minimum Gasteiger partial charge on any atom is -0.481 e. The predicted octanol–water partition coefficient (Wildman–Crippen LogP) is 6.14. The molecular formula is C28H38N2O4S. The van der Waals surface area contributed by atoms with Crippen LogP contribution in [0.4, 0.5) is 5.69 Å². The number of thiophene rings is 1. The molecule has 7 heteroatoms. The second-order valence-electron chi connectivity index (χ2n) is 9.76. The molecule has 1 atom stereocenters. The summed E-state index contributed by atoms with van der Waals surface area (Å²) in [5, 5.41) is 15.3. The zero-order chi connectivity index (χ0) is 24.6. The Kier molecular flexibility index (Phi) is 9.21. The van der Waals surface area contributed by atoms with E-state index in [-0.39, 0.29) is 24.9 Å². The van der Waals surface area contributed by atoms with Crippen LogP contribution in [0, 0.1) is 5.92 Å². The second kappa shape index (κ2) is 12.5. The van der Waals surface area contributed by atoms with Crippen molar-refractivity contribution in [1.82, 2.24) is 5.32 Å². The first-order chi connectivity index (χ1) is 17.0. The normalized spacial score (nSPS) is 18.2. The number of carboxylic acids is 1. The van der Waals surface area contributed by atoms with Gasteiger partial charge in [-0.25, -0.2) is 0 Å². The summed E-state index contributed by atoms with van der Waals surface area (Å²) in [6.07, 6.45) is 9.58. The van der Waals surface area contributed by atoms with Crippen molar-refractivity contribution in [1.29, 1.82) is 0 Å². The maximum Gasteiger partial charge on any atom is 0.305 e. The summed E-state index contributed by atoms with van der Waals surface area (Å²) >= 11 is 1.99. The van der Waals surface area contributed by atoms with E-state index in [4.69, 9.17) is 9.84 Å². The number of aryl methyl sites for hydroxylation is 1. The SMILES string of the molecule is CCc1sc(C2CCOCC2)cc1C(Nc1ccc(C(=O)NCCC(=O)O)cc1)C1CCCCC1. The highest BCUT2D eigenvalue weighted by molar-refractivity contribution is 7.12. The molecule has 2 fully saturated rings. The highest BCUT2D eigenvalue weighted by Crippen LogP contribution is 2.43. The van der Waals surface area contributed by atoms with Crippen molar-refractivity contribution in [3.63, 3.8) is 0 Å². The standard InChI is InChI=1S/C28H38N2O4S/c1-2-24-23(18-25(35-24)19-13-16-34-17-14-19)27(20-6-4-3-5-7-20)30-22-10-8-21(9-11-22)28(33)29-15-12-26(31)32/h8-11,18-20,27,30H,2-7,12-17H2,1H3,(H,29,33)(H,31,32). The number of carboxylic acid groups (broad SMARTS) is 1. The molecule has 0 spiro atoms. The molecule has 1 aliphatic heterocycles. The third kappa shape index (κ3) is 6.85. The maximum absolute atomic E-state index is 12.3. The van der Waals surface area contributed by atoms with Crippen molar-refractivity contribution in [2.45, 2.75) is 76.7 Å². The molecule has 1 saturated carbocycles. The van der Waals surface area contributed by atoms with Crippen molar-refractivity contribution in [2.75, 3.05) is 25.1 Å². The lowest BCUT2D eigenvalue weighted by Gasteiger charge is -2.32. The summed E-state index contributed by atoms with van der Waals surface area (Å²) in [5.41, 5.74) is 3.02. The first-order valence-electron chi connectivity index (χ1n) is 13.1. The fourth-order valence-electron chi connectivity index (χ4n) is 5.39. The predicted molar refractivity (Wildman–Crippen MR) is 140 cm³/mol. The molecule has 1 aromatic carbocycles. The first-order valence-corrected chi connectivity index (χ1v) is 13.9. The topological polar surface area (TPSA) is 87.7 Å². The van der Waals surface area contributed by atoms with Crippen molar-refractivity contribution in [3.8, 4) is 0 Å². The second-order valence-corrected chi connectivity index (χ2v) is 10.9. The number of benzene rings is 1. The van der Waals surface area contributed by atoms with Crippen LogP contribution in [0.3, 0.4) is 0 Å². The van der Waals surface area contributed by atoms with E-state index in [1.54, 1.807) is 0 Å². The van der Waals surface area contributed by atoms with Gasteiger partial charge < -0.3 is 20.5 Å². The Morgan fingerprint density at radius 3 is 2.46 bits per heavy atom. The molecule has 3 N–H and O–H groups in total. The van der Waals surface area contributed by atoms with E-state index >= 15 is 0 Å². The van der Waals surface area contributed by atoms with E-state index < -0.39 is 5.97 Å². The third-order valence-corrected chi connectivity index (χ3v) is 8.81. The van der Waals surface area contributed by atoms with Crippen LogP contribution in [0.1, 0.15) is 95.9 Å². The van der Waals surface area contributed by atoms with Gasteiger partial charge in [-0.1, -0.05) is 26.2 Å². The quantitative estimate of drug-likeness (QED) is 0.366. The molecule has 0 bridgehead atoms. The van der Waals surface area contributed by atoms with Crippen LogP contribution in [0.5, 0.6) is 0 Å². The number of anilines is 1. The lowest BCUT2D eigenvalue weighted by molar-refractivity contribution is -0.136. The van der Waals surface area contributed by atoms with E-state index in [1.165, 1.54) is 47.4 Å². The minimum atomic E-state index is -0.918. The van der Waals surface area contributed by atoms with Crippen LogP contribution in [-0.2, 0) is 16.0 Å². The van der Waals surface area contributed by atoms with Crippen LogP contribution < -0.4 is 10.6 Å². The van der Waals surface area contributed by atoms with Gasteiger partial charge in [0.05, 0.1) is 12.5 Å². The summed E-state index contributed by atoms with van der Waals surface area (Å²) in [6, 6.07) is 10.3. The molecule has 1 unspecified atom stereocenters. The van der Waals surface area contributed by atoms with Gasteiger partial charge in [0.25, 0.3) is 5.91 Å². The molecule has 190 valence electrons. The van der Waals surface area contributed by atoms with Crippen molar-refractivity contribution in [3.05, 3.63) is 51.2 Å². The monoisotopic (exact) mass is 498 g/mol. The average Bonchev–Trinajstić information content (AvgIpc) is 3.32. The molecule has 2 aliphatic rings. The van der Waals surface area contributed by atoms with Gasteiger partial charge >= 0.3 is 5.97 Å². The number of nitrogens with one attached hydrogen (secondary N) is 2. The molecule has 1 saturated heterocycles. The Balaban J connectivity index is 1.52. The smallest absolute Gasteiger partial charge is 0.305 e. The van der Waals surface area contributed by atoms with E-state index in [0.29, 0.717) is 17.4 Å². The highest BCUT2D eigenvalue weighted by atomic mass is 32.1. The van der Waals surface area contributed by atoms with Crippen molar-refractivity contribution >= 4 is 28.9 Å². The molecule has 1 aliphatic carbocycles. The Labute approximate surface area is 212 Å². The van der Waals surface area contributed by atoms with E-state index in [2.05, 4.69) is 23.6 Å². The number of hydrogen-bond donors (Lipinski definition) is 3. The van der Waals surface area contributed by atoms with Gasteiger partial charge in [0.1, 0.15) is 0 Å². The summed E-state index contributed by atoms with van der Waals surface area (Å²) in [5.74, 6) is 0.0520. The number of carbonyl (C=O) groups excluding carboxylic acids is 1. The first kappa shape index (κ1) is 25.7. The lowest BCUT2D eigenvalue weighted by Crippen LogP contribution is -2.26. The van der Waals surface area contributed by atoms with Gasteiger partial charge in [0, 0.05) is 40.8 Å². The molecule has 6 nitrogen and oxygen atoms in total. The number of hydrogen-bond acceptors (Lipinski definition) is 5. The Bertz CT molecular complexity index is 975. The molecule has 2 heterocycles. The van der Waals surface area contributed by atoms with E-state index in [1.807, 2.05) is 35.6 Å². The fourth-order valence-corrected chi connectivity index (χ4v) is 6.71.